The topological polar surface area (TPSA) is 92.4 Å². The van der Waals surface area contributed by atoms with Crippen molar-refractivity contribution < 1.29 is 27.4 Å². The van der Waals surface area contributed by atoms with Crippen LogP contribution in [0.15, 0.2) is 52.1 Å². The number of methoxy groups -OCH3 is 1. The van der Waals surface area contributed by atoms with Crippen LogP contribution in [0.3, 0.4) is 0 Å². The maximum atomic E-state index is 13.4. The van der Waals surface area contributed by atoms with Crippen molar-refractivity contribution in [3.05, 3.63) is 74.6 Å². The summed E-state index contributed by atoms with van der Waals surface area (Å²) in [4.78, 5) is 37.2. The van der Waals surface area contributed by atoms with Crippen molar-refractivity contribution in [3.8, 4) is 22.7 Å². The molecule has 0 spiro atoms. The van der Waals surface area contributed by atoms with Crippen LogP contribution in [-0.2, 0) is 22.3 Å². The van der Waals surface area contributed by atoms with Crippen LogP contribution in [0, 0.1) is 6.92 Å². The van der Waals surface area contributed by atoms with E-state index in [0.717, 1.165) is 17.1 Å². The molecule has 0 aliphatic heterocycles. The number of carbonyl (C=O) groups is 1. The lowest BCUT2D eigenvalue weighted by Crippen LogP contribution is -2.41. The third kappa shape index (κ3) is 4.63. The van der Waals surface area contributed by atoms with E-state index in [-0.39, 0.29) is 18.8 Å². The molecule has 12 heteroatoms. The minimum absolute atomic E-state index is 0.0968. The maximum absolute atomic E-state index is 13.4. The van der Waals surface area contributed by atoms with Gasteiger partial charge in [-0.2, -0.15) is 17.5 Å². The van der Waals surface area contributed by atoms with Gasteiger partial charge < -0.3 is 9.47 Å². The van der Waals surface area contributed by atoms with Crippen LogP contribution in [0.4, 0.5) is 13.2 Å². The van der Waals surface area contributed by atoms with Gasteiger partial charge in [0.05, 0.1) is 23.2 Å². The van der Waals surface area contributed by atoms with Gasteiger partial charge in [-0.25, -0.2) is 14.2 Å². The van der Waals surface area contributed by atoms with Gasteiger partial charge in [0.15, 0.2) is 6.61 Å². The van der Waals surface area contributed by atoms with Crippen LogP contribution in [0.1, 0.15) is 18.2 Å². The largest absolute Gasteiger partial charge is 0.481 e. The second-order valence-corrected chi connectivity index (χ2v) is 8.61. The Hall–Kier alpha value is -3.93. The Balaban J connectivity index is 1.89. The molecule has 0 amide bonds. The molecule has 0 radical (unpaired) electrons. The molecule has 0 aliphatic carbocycles. The van der Waals surface area contributed by atoms with Crippen molar-refractivity contribution in [3.63, 3.8) is 0 Å². The monoisotopic (exact) mass is 519 g/mol. The van der Waals surface area contributed by atoms with E-state index in [4.69, 9.17) is 4.74 Å². The van der Waals surface area contributed by atoms with Crippen molar-refractivity contribution >= 4 is 27.6 Å². The lowest BCUT2D eigenvalue weighted by Gasteiger charge is -2.16. The van der Waals surface area contributed by atoms with Crippen molar-refractivity contribution in [2.45, 2.75) is 26.6 Å². The number of hydrogen-bond acceptors (Lipinski definition) is 7. The molecule has 2 aromatic heterocycles. The van der Waals surface area contributed by atoms with E-state index in [9.17, 15) is 27.6 Å². The minimum Gasteiger partial charge on any atom is -0.481 e. The average molecular weight is 520 g/mol. The second kappa shape index (κ2) is 9.61. The molecule has 8 nitrogen and oxygen atoms in total. The zero-order valence-corrected chi connectivity index (χ0v) is 20.2. The highest BCUT2D eigenvalue weighted by Gasteiger charge is 2.35. The number of ether oxygens (including phenoxy) is 2. The molecule has 4 aromatic rings. The number of nitrogens with zero attached hydrogens (tertiary/aromatic N) is 3. The summed E-state index contributed by atoms with van der Waals surface area (Å²) >= 11 is 1.16. The lowest BCUT2D eigenvalue weighted by atomic mass is 10.0. The Kier molecular flexibility index (Phi) is 6.72. The molecule has 2 heterocycles. The summed E-state index contributed by atoms with van der Waals surface area (Å²) < 4.78 is 56.8. The number of hydrogen-bond donors (Lipinski definition) is 0. The number of halogens is 3. The highest BCUT2D eigenvalue weighted by atomic mass is 32.1. The van der Waals surface area contributed by atoms with Crippen molar-refractivity contribution in [2.24, 2.45) is 0 Å². The van der Waals surface area contributed by atoms with Gasteiger partial charge >= 0.3 is 17.8 Å². The van der Waals surface area contributed by atoms with Crippen LogP contribution < -0.4 is 16.0 Å². The molecule has 0 unspecified atom stereocenters. The number of benzene rings is 2. The summed E-state index contributed by atoms with van der Waals surface area (Å²) in [5.74, 6) is -0.204. The van der Waals surface area contributed by atoms with Gasteiger partial charge in [0.2, 0.25) is 0 Å². The second-order valence-electron chi connectivity index (χ2n) is 7.80. The van der Waals surface area contributed by atoms with Crippen molar-refractivity contribution in [1.29, 1.82) is 0 Å². The molecule has 0 saturated heterocycles. The Labute approximate surface area is 206 Å². The molecule has 188 valence electrons. The highest BCUT2D eigenvalue weighted by molar-refractivity contribution is 7.13. The molecule has 2 aromatic carbocycles. The number of fused-ring (bicyclic) bond motifs is 1. The Morgan fingerprint density at radius 3 is 2.53 bits per heavy atom. The fourth-order valence-corrected chi connectivity index (χ4v) is 4.54. The summed E-state index contributed by atoms with van der Waals surface area (Å²) in [5.41, 5.74) is -1.48. The predicted molar refractivity (Wildman–Crippen MR) is 128 cm³/mol. The number of aryl methyl sites for hydroxylation is 1. The first-order valence-corrected chi connectivity index (χ1v) is 11.5. The first-order chi connectivity index (χ1) is 17.0. The minimum atomic E-state index is -4.85. The predicted octanol–water partition coefficient (Wildman–Crippen LogP) is 4.17. The molecular formula is C24H20F3N3O5S. The van der Waals surface area contributed by atoms with Crippen LogP contribution >= 0.6 is 11.5 Å². The van der Waals surface area contributed by atoms with Gasteiger partial charge in [-0.3, -0.25) is 9.36 Å². The molecule has 0 N–H and O–H groups in total. The van der Waals surface area contributed by atoms with E-state index >= 15 is 0 Å². The summed E-state index contributed by atoms with van der Waals surface area (Å²) in [7, 11) is 1.24. The van der Waals surface area contributed by atoms with Gasteiger partial charge in [0.1, 0.15) is 11.4 Å². The molecule has 4 rings (SSSR count). The third-order valence-corrected chi connectivity index (χ3v) is 6.30. The SMILES string of the molecule is CCn1c(C(F)(F)F)cc(=O)n(-c2ccc3snc(-c4cc(C)ccc4OCC(=O)OC)c3c2)c1=O. The molecule has 0 atom stereocenters. The molecule has 0 aliphatic rings. The van der Waals surface area contributed by atoms with E-state index < -0.39 is 29.1 Å². The Morgan fingerprint density at radius 2 is 1.86 bits per heavy atom. The van der Waals surface area contributed by atoms with Gasteiger partial charge in [0, 0.05) is 23.6 Å². The van der Waals surface area contributed by atoms with Gasteiger partial charge in [-0.1, -0.05) is 11.6 Å². The zero-order chi connectivity index (χ0) is 26.2. The number of rotatable bonds is 6. The normalized spacial score (nSPS) is 11.6. The van der Waals surface area contributed by atoms with Crippen LogP contribution in [0.25, 0.3) is 27.0 Å². The fraction of sp³-hybridized carbons (Fsp3) is 0.250. The van der Waals surface area contributed by atoms with E-state index in [1.807, 2.05) is 13.0 Å². The number of esters is 1. The summed E-state index contributed by atoms with van der Waals surface area (Å²) in [6.07, 6.45) is -4.85. The molecule has 0 bridgehead atoms. The fourth-order valence-electron chi connectivity index (χ4n) is 3.77. The zero-order valence-electron chi connectivity index (χ0n) is 19.4. The van der Waals surface area contributed by atoms with Crippen LogP contribution in [0.2, 0.25) is 0 Å². The summed E-state index contributed by atoms with van der Waals surface area (Å²) in [6, 6.07) is 10.3. The average Bonchev–Trinajstić information content (AvgIpc) is 3.25. The first-order valence-electron chi connectivity index (χ1n) is 10.7. The van der Waals surface area contributed by atoms with E-state index in [1.165, 1.54) is 26.2 Å². The lowest BCUT2D eigenvalue weighted by molar-refractivity contribution is -0.144. The van der Waals surface area contributed by atoms with Crippen molar-refractivity contribution in [1.82, 2.24) is 13.5 Å². The molecular weight excluding hydrogens is 499 g/mol. The van der Waals surface area contributed by atoms with Crippen LogP contribution in [0.5, 0.6) is 5.75 Å². The van der Waals surface area contributed by atoms with Crippen LogP contribution in [-0.4, -0.2) is 33.2 Å². The standard InChI is InChI=1S/C24H20F3N3O5S/c1-4-29-19(24(25,26)27)11-20(31)30(23(29)33)14-6-8-18-16(10-14)22(28-36-18)15-9-13(2)5-7-17(15)35-12-21(32)34-3/h5-11H,4,12H2,1-3H3. The maximum Gasteiger partial charge on any atom is 0.431 e. The molecule has 0 fully saturated rings. The van der Waals surface area contributed by atoms with Gasteiger partial charge in [-0.05, 0) is 55.7 Å². The quantitative estimate of drug-likeness (QED) is 0.355. The van der Waals surface area contributed by atoms with Crippen molar-refractivity contribution in [2.75, 3.05) is 13.7 Å². The Bertz CT molecular complexity index is 1590. The van der Waals surface area contributed by atoms with E-state index in [2.05, 4.69) is 9.11 Å². The third-order valence-electron chi connectivity index (χ3n) is 5.48. The molecule has 0 saturated carbocycles. The number of alkyl halides is 3. The highest BCUT2D eigenvalue weighted by Crippen LogP contribution is 2.37. The van der Waals surface area contributed by atoms with Gasteiger partial charge in [-0.15, -0.1) is 0 Å². The summed E-state index contributed by atoms with van der Waals surface area (Å²) in [6.45, 7) is 2.66. The van der Waals surface area contributed by atoms with E-state index in [0.29, 0.717) is 42.3 Å². The summed E-state index contributed by atoms with van der Waals surface area (Å²) in [5, 5.41) is 0.556. The smallest absolute Gasteiger partial charge is 0.431 e. The number of carbonyl (C=O) groups excluding carboxylic acids is 1. The first kappa shape index (κ1) is 25.2. The van der Waals surface area contributed by atoms with E-state index in [1.54, 1.807) is 18.2 Å². The Morgan fingerprint density at radius 1 is 1.11 bits per heavy atom. The molecule has 36 heavy (non-hydrogen) atoms. The van der Waals surface area contributed by atoms with Gasteiger partial charge in [0.25, 0.3) is 5.56 Å². The number of aromatic nitrogens is 3.